The summed E-state index contributed by atoms with van der Waals surface area (Å²) in [5, 5.41) is 3.24. The fourth-order valence-corrected chi connectivity index (χ4v) is 1.94. The van der Waals surface area contributed by atoms with Crippen molar-refractivity contribution in [1.82, 2.24) is 9.97 Å². The number of rotatable bonds is 7. The summed E-state index contributed by atoms with van der Waals surface area (Å²) in [6, 6.07) is 8.00. The summed E-state index contributed by atoms with van der Waals surface area (Å²) in [7, 11) is 0. The summed E-state index contributed by atoms with van der Waals surface area (Å²) >= 11 is 0. The Morgan fingerprint density at radius 2 is 2.00 bits per heavy atom. The van der Waals surface area contributed by atoms with Gasteiger partial charge in [0, 0.05) is 0 Å². The molecule has 1 aromatic heterocycles. The average molecular weight is 287 g/mol. The zero-order valence-electron chi connectivity index (χ0n) is 12.7. The maximum atomic E-state index is 5.69. The lowest BCUT2D eigenvalue weighted by Gasteiger charge is -2.12. The van der Waals surface area contributed by atoms with Gasteiger partial charge in [0.1, 0.15) is 24.5 Å². The van der Waals surface area contributed by atoms with E-state index in [1.807, 2.05) is 45.0 Å². The summed E-state index contributed by atoms with van der Waals surface area (Å²) in [5.41, 5.74) is 2.10. The van der Waals surface area contributed by atoms with Crippen LogP contribution in [0.15, 0.2) is 30.6 Å². The Balaban J connectivity index is 1.85. The van der Waals surface area contributed by atoms with Crippen LogP contribution in [0.2, 0.25) is 0 Å². The molecule has 0 aliphatic rings. The van der Waals surface area contributed by atoms with Crippen LogP contribution in [-0.4, -0.2) is 29.7 Å². The molecule has 1 aromatic carbocycles. The molecule has 0 unspecified atom stereocenters. The summed E-state index contributed by atoms with van der Waals surface area (Å²) in [5.74, 6) is 2.28. The molecule has 5 heteroatoms. The van der Waals surface area contributed by atoms with Crippen molar-refractivity contribution in [2.75, 3.05) is 25.1 Å². The van der Waals surface area contributed by atoms with E-state index in [0.717, 1.165) is 17.1 Å². The Hall–Kier alpha value is -2.30. The van der Waals surface area contributed by atoms with Crippen LogP contribution in [0.3, 0.4) is 0 Å². The molecular formula is C16H21N3O2. The molecule has 2 aromatic rings. The fraction of sp³-hybridized carbons (Fsp3) is 0.375. The third-order valence-corrected chi connectivity index (χ3v) is 2.97. The van der Waals surface area contributed by atoms with Crippen molar-refractivity contribution < 1.29 is 9.47 Å². The number of ether oxygens (including phenoxy) is 2. The number of nitrogens with zero attached hydrogens (tertiary/aromatic N) is 2. The largest absolute Gasteiger partial charge is 0.492 e. The summed E-state index contributed by atoms with van der Waals surface area (Å²) in [6.45, 7) is 7.74. The Labute approximate surface area is 125 Å². The number of anilines is 1. The van der Waals surface area contributed by atoms with Crippen molar-refractivity contribution in [2.45, 2.75) is 20.8 Å². The van der Waals surface area contributed by atoms with Crippen LogP contribution in [0.1, 0.15) is 18.1 Å². The van der Waals surface area contributed by atoms with E-state index >= 15 is 0 Å². The van der Waals surface area contributed by atoms with Crippen LogP contribution < -0.4 is 14.8 Å². The average Bonchev–Trinajstić information content (AvgIpc) is 2.47. The van der Waals surface area contributed by atoms with Crippen LogP contribution in [0, 0.1) is 13.8 Å². The van der Waals surface area contributed by atoms with Gasteiger partial charge in [-0.1, -0.05) is 12.1 Å². The van der Waals surface area contributed by atoms with E-state index in [9.17, 15) is 0 Å². The first-order valence-electron chi connectivity index (χ1n) is 7.08. The second kappa shape index (κ2) is 7.47. The first kappa shape index (κ1) is 15.1. The number of hydrogen-bond acceptors (Lipinski definition) is 5. The summed E-state index contributed by atoms with van der Waals surface area (Å²) in [6.07, 6.45) is 1.50. The molecule has 0 spiro atoms. The monoisotopic (exact) mass is 287 g/mol. The van der Waals surface area contributed by atoms with Gasteiger partial charge in [0.15, 0.2) is 0 Å². The molecule has 0 fully saturated rings. The van der Waals surface area contributed by atoms with E-state index in [-0.39, 0.29) is 0 Å². The minimum absolute atomic E-state index is 0.566. The normalized spacial score (nSPS) is 10.2. The van der Waals surface area contributed by atoms with Gasteiger partial charge in [0.25, 0.3) is 0 Å². The van der Waals surface area contributed by atoms with Gasteiger partial charge in [0.2, 0.25) is 5.88 Å². The molecule has 0 bridgehead atoms. The van der Waals surface area contributed by atoms with Gasteiger partial charge >= 0.3 is 0 Å². The highest BCUT2D eigenvalue weighted by molar-refractivity contribution is 5.47. The molecule has 0 amide bonds. The smallest absolute Gasteiger partial charge is 0.221 e. The molecule has 0 aliphatic carbocycles. The highest BCUT2D eigenvalue weighted by Crippen LogP contribution is 2.20. The van der Waals surface area contributed by atoms with Crippen molar-refractivity contribution in [3.8, 4) is 11.6 Å². The summed E-state index contributed by atoms with van der Waals surface area (Å²) < 4.78 is 11.1. The van der Waals surface area contributed by atoms with Crippen LogP contribution in [-0.2, 0) is 0 Å². The Morgan fingerprint density at radius 1 is 1.14 bits per heavy atom. The minimum atomic E-state index is 0.566. The lowest BCUT2D eigenvalue weighted by atomic mass is 10.2. The molecule has 0 saturated heterocycles. The summed E-state index contributed by atoms with van der Waals surface area (Å²) in [4.78, 5) is 8.33. The van der Waals surface area contributed by atoms with E-state index in [1.54, 1.807) is 0 Å². The predicted molar refractivity (Wildman–Crippen MR) is 83.1 cm³/mol. The van der Waals surface area contributed by atoms with Gasteiger partial charge in [-0.05, 0) is 38.5 Å². The van der Waals surface area contributed by atoms with Crippen LogP contribution >= 0.6 is 0 Å². The van der Waals surface area contributed by atoms with Gasteiger partial charge in [0.05, 0.1) is 18.7 Å². The van der Waals surface area contributed by atoms with Gasteiger partial charge in [-0.25, -0.2) is 9.97 Å². The minimum Gasteiger partial charge on any atom is -0.492 e. The van der Waals surface area contributed by atoms with E-state index in [1.165, 1.54) is 11.9 Å². The standard InChI is InChI=1S/C16H21N3O2/c1-4-20-16-13(3)15(18-11-19-16)17-8-9-21-14-7-5-6-12(2)10-14/h5-7,10-11H,4,8-9H2,1-3H3,(H,17,18,19). The van der Waals surface area contributed by atoms with Crippen molar-refractivity contribution >= 4 is 5.82 Å². The van der Waals surface area contributed by atoms with Crippen LogP contribution in [0.25, 0.3) is 0 Å². The highest BCUT2D eigenvalue weighted by atomic mass is 16.5. The quantitative estimate of drug-likeness (QED) is 0.793. The topological polar surface area (TPSA) is 56.3 Å². The second-order valence-corrected chi connectivity index (χ2v) is 4.68. The third-order valence-electron chi connectivity index (χ3n) is 2.97. The molecule has 0 radical (unpaired) electrons. The molecule has 112 valence electrons. The Bertz CT molecular complexity index is 587. The number of benzene rings is 1. The molecule has 0 aliphatic heterocycles. The number of aromatic nitrogens is 2. The van der Waals surface area contributed by atoms with Gasteiger partial charge < -0.3 is 14.8 Å². The van der Waals surface area contributed by atoms with E-state index < -0.39 is 0 Å². The maximum Gasteiger partial charge on any atom is 0.221 e. The van der Waals surface area contributed by atoms with Crippen molar-refractivity contribution in [2.24, 2.45) is 0 Å². The SMILES string of the molecule is CCOc1ncnc(NCCOc2cccc(C)c2)c1C. The number of nitrogens with one attached hydrogen (secondary N) is 1. The molecule has 0 atom stereocenters. The third kappa shape index (κ3) is 4.34. The van der Waals surface area contributed by atoms with Gasteiger partial charge in [-0.2, -0.15) is 0 Å². The number of aryl methyl sites for hydroxylation is 1. The molecule has 2 rings (SSSR count). The van der Waals surface area contributed by atoms with Gasteiger partial charge in [-0.15, -0.1) is 0 Å². The molecular weight excluding hydrogens is 266 g/mol. The first-order chi connectivity index (χ1) is 10.2. The van der Waals surface area contributed by atoms with E-state index in [2.05, 4.69) is 15.3 Å². The second-order valence-electron chi connectivity index (χ2n) is 4.68. The fourth-order valence-electron chi connectivity index (χ4n) is 1.94. The highest BCUT2D eigenvalue weighted by Gasteiger charge is 2.07. The Morgan fingerprint density at radius 3 is 2.76 bits per heavy atom. The Kier molecular flexibility index (Phi) is 5.37. The molecule has 1 heterocycles. The molecule has 0 saturated carbocycles. The lowest BCUT2D eigenvalue weighted by Crippen LogP contribution is -2.14. The lowest BCUT2D eigenvalue weighted by molar-refractivity contribution is 0.323. The van der Waals surface area contributed by atoms with E-state index in [4.69, 9.17) is 9.47 Å². The zero-order chi connectivity index (χ0) is 15.1. The molecule has 21 heavy (non-hydrogen) atoms. The molecule has 5 nitrogen and oxygen atoms in total. The van der Waals surface area contributed by atoms with Gasteiger partial charge in [-0.3, -0.25) is 0 Å². The van der Waals surface area contributed by atoms with Crippen molar-refractivity contribution in [3.63, 3.8) is 0 Å². The van der Waals surface area contributed by atoms with Crippen molar-refractivity contribution in [3.05, 3.63) is 41.7 Å². The zero-order valence-corrected chi connectivity index (χ0v) is 12.7. The molecule has 1 N–H and O–H groups in total. The van der Waals surface area contributed by atoms with Crippen LogP contribution in [0.4, 0.5) is 5.82 Å². The number of hydrogen-bond donors (Lipinski definition) is 1. The van der Waals surface area contributed by atoms with E-state index in [0.29, 0.717) is 25.6 Å². The van der Waals surface area contributed by atoms with Crippen molar-refractivity contribution in [1.29, 1.82) is 0 Å². The maximum absolute atomic E-state index is 5.69. The first-order valence-corrected chi connectivity index (χ1v) is 7.08. The predicted octanol–water partition coefficient (Wildman–Crippen LogP) is 2.98. The van der Waals surface area contributed by atoms with Crippen LogP contribution in [0.5, 0.6) is 11.6 Å².